The summed E-state index contributed by atoms with van der Waals surface area (Å²) in [6.07, 6.45) is 0. The van der Waals surface area contributed by atoms with E-state index in [1.54, 1.807) is 0 Å². The van der Waals surface area contributed by atoms with Crippen molar-refractivity contribution >= 4 is 28.5 Å². The maximum absolute atomic E-state index is 13.1. The Morgan fingerprint density at radius 3 is 2.65 bits per heavy atom. The van der Waals surface area contributed by atoms with Crippen LogP contribution in [0.1, 0.15) is 23.0 Å². The number of piperazine rings is 1. The number of hydrogen-bond donors (Lipinski definition) is 2. The third kappa shape index (κ3) is 4.32. The van der Waals surface area contributed by atoms with E-state index in [0.717, 1.165) is 55.1 Å². The Bertz CT molecular complexity index is 1220. The molecule has 2 aliphatic rings. The highest BCUT2D eigenvalue weighted by atomic mass is 16.7. The second-order valence-corrected chi connectivity index (χ2v) is 8.58. The van der Waals surface area contributed by atoms with E-state index in [2.05, 4.69) is 26.2 Å². The number of aromatic amines is 1. The summed E-state index contributed by atoms with van der Waals surface area (Å²) in [6.45, 7) is 6.25. The number of nitrogens with zero attached hydrogens (tertiary/aromatic N) is 2. The number of ether oxygens (including phenoxy) is 3. The summed E-state index contributed by atoms with van der Waals surface area (Å²) >= 11 is 0. The molecule has 0 spiro atoms. The lowest BCUT2D eigenvalue weighted by atomic mass is 10.1. The van der Waals surface area contributed by atoms with Crippen LogP contribution >= 0.6 is 0 Å². The van der Waals surface area contributed by atoms with Crippen LogP contribution in [0.4, 0.5) is 5.69 Å². The molecule has 3 heterocycles. The molecule has 0 unspecified atom stereocenters. The van der Waals surface area contributed by atoms with Gasteiger partial charge in [0.2, 0.25) is 12.7 Å². The number of para-hydroxylation sites is 1. The number of aromatic nitrogens is 1. The van der Waals surface area contributed by atoms with E-state index in [1.807, 2.05) is 43.3 Å². The third-order valence-corrected chi connectivity index (χ3v) is 6.52. The van der Waals surface area contributed by atoms with Crippen LogP contribution in [-0.2, 0) is 16.1 Å². The molecule has 178 valence electrons. The summed E-state index contributed by atoms with van der Waals surface area (Å²) in [4.78, 5) is 33.0. The number of hydrogen-bond acceptors (Lipinski definition) is 7. The third-order valence-electron chi connectivity index (χ3n) is 6.52. The highest BCUT2D eigenvalue weighted by Crippen LogP contribution is 2.33. The van der Waals surface area contributed by atoms with E-state index in [-0.39, 0.29) is 24.4 Å². The molecule has 0 radical (unpaired) electrons. The van der Waals surface area contributed by atoms with Gasteiger partial charge in [-0.2, -0.15) is 0 Å². The minimum Gasteiger partial charge on any atom is -0.464 e. The van der Waals surface area contributed by atoms with Gasteiger partial charge in [-0.15, -0.1) is 0 Å². The Labute approximate surface area is 197 Å². The minimum atomic E-state index is -0.517. The van der Waals surface area contributed by atoms with Gasteiger partial charge in [-0.05, 0) is 30.7 Å². The molecule has 34 heavy (non-hydrogen) atoms. The van der Waals surface area contributed by atoms with Crippen molar-refractivity contribution in [1.29, 1.82) is 0 Å². The number of benzene rings is 2. The number of carbonyl (C=O) groups excluding carboxylic acids is 2. The molecular formula is C25H28N4O5. The summed E-state index contributed by atoms with van der Waals surface area (Å²) in [7, 11) is 1.32. The van der Waals surface area contributed by atoms with E-state index in [1.165, 1.54) is 12.7 Å². The molecule has 2 N–H and O–H groups in total. The predicted octanol–water partition coefficient (Wildman–Crippen LogP) is 2.83. The van der Waals surface area contributed by atoms with Gasteiger partial charge in [0.1, 0.15) is 5.69 Å². The van der Waals surface area contributed by atoms with Gasteiger partial charge in [0.15, 0.2) is 11.5 Å². The maximum Gasteiger partial charge on any atom is 0.356 e. The van der Waals surface area contributed by atoms with Crippen LogP contribution in [0.15, 0.2) is 42.5 Å². The van der Waals surface area contributed by atoms with Crippen LogP contribution in [0, 0.1) is 0 Å². The fourth-order valence-corrected chi connectivity index (χ4v) is 4.53. The van der Waals surface area contributed by atoms with Gasteiger partial charge < -0.3 is 24.5 Å². The summed E-state index contributed by atoms with van der Waals surface area (Å²) < 4.78 is 15.8. The zero-order chi connectivity index (χ0) is 23.7. The SMILES string of the molecule is COC(=O)c1[nH]c2ccccc2c1NC(=O)[C@@H](C)N1CCN(Cc2ccc3c(c2)OCO3)CC1. The predicted molar refractivity (Wildman–Crippen MR) is 127 cm³/mol. The first kappa shape index (κ1) is 22.2. The van der Waals surface area contributed by atoms with Gasteiger partial charge in [0.25, 0.3) is 0 Å². The van der Waals surface area contributed by atoms with Crippen molar-refractivity contribution in [2.45, 2.75) is 19.5 Å². The molecule has 0 bridgehead atoms. The largest absolute Gasteiger partial charge is 0.464 e. The average molecular weight is 465 g/mol. The molecule has 0 aliphatic carbocycles. The van der Waals surface area contributed by atoms with E-state index in [4.69, 9.17) is 14.2 Å². The van der Waals surface area contributed by atoms with Crippen LogP contribution in [0.2, 0.25) is 0 Å². The van der Waals surface area contributed by atoms with Crippen molar-refractivity contribution in [3.8, 4) is 11.5 Å². The summed E-state index contributed by atoms with van der Waals surface area (Å²) in [6, 6.07) is 13.2. The van der Waals surface area contributed by atoms with Crippen molar-refractivity contribution in [1.82, 2.24) is 14.8 Å². The first-order chi connectivity index (χ1) is 16.5. The summed E-state index contributed by atoms with van der Waals surface area (Å²) in [5, 5.41) is 3.74. The second kappa shape index (κ2) is 9.36. The van der Waals surface area contributed by atoms with Gasteiger partial charge in [0, 0.05) is 43.6 Å². The van der Waals surface area contributed by atoms with Gasteiger partial charge in [0.05, 0.1) is 18.8 Å². The Hall–Kier alpha value is -3.56. The Morgan fingerprint density at radius 1 is 1.09 bits per heavy atom. The van der Waals surface area contributed by atoms with Gasteiger partial charge in [-0.25, -0.2) is 4.79 Å². The van der Waals surface area contributed by atoms with Crippen LogP contribution in [0.5, 0.6) is 11.5 Å². The monoisotopic (exact) mass is 464 g/mol. The maximum atomic E-state index is 13.1. The fraction of sp³-hybridized carbons (Fsp3) is 0.360. The number of nitrogens with one attached hydrogen (secondary N) is 2. The van der Waals surface area contributed by atoms with E-state index >= 15 is 0 Å². The minimum absolute atomic E-state index is 0.154. The molecule has 2 aliphatic heterocycles. The molecular weight excluding hydrogens is 436 g/mol. The number of amides is 1. The van der Waals surface area contributed by atoms with Crippen LogP contribution in [0.25, 0.3) is 10.9 Å². The summed E-state index contributed by atoms with van der Waals surface area (Å²) in [5.74, 6) is 0.916. The highest BCUT2D eigenvalue weighted by molar-refractivity contribution is 6.11. The number of fused-ring (bicyclic) bond motifs is 2. The van der Waals surface area contributed by atoms with Crippen LogP contribution in [0.3, 0.4) is 0 Å². The molecule has 1 fully saturated rings. The number of esters is 1. The van der Waals surface area contributed by atoms with E-state index < -0.39 is 5.97 Å². The first-order valence-corrected chi connectivity index (χ1v) is 11.4. The van der Waals surface area contributed by atoms with Gasteiger partial charge in [-0.3, -0.25) is 14.6 Å². The second-order valence-electron chi connectivity index (χ2n) is 8.58. The lowest BCUT2D eigenvalue weighted by Crippen LogP contribution is -2.52. The van der Waals surface area contributed by atoms with Crippen molar-refractivity contribution in [2.24, 2.45) is 0 Å². The van der Waals surface area contributed by atoms with Crippen LogP contribution < -0.4 is 14.8 Å². The molecule has 2 aromatic carbocycles. The Balaban J connectivity index is 1.21. The first-order valence-electron chi connectivity index (χ1n) is 11.4. The lowest BCUT2D eigenvalue weighted by Gasteiger charge is -2.37. The molecule has 1 amide bonds. The zero-order valence-electron chi connectivity index (χ0n) is 19.3. The molecule has 0 saturated carbocycles. The van der Waals surface area contributed by atoms with Crippen molar-refractivity contribution in [2.75, 3.05) is 45.4 Å². The quantitative estimate of drug-likeness (QED) is 0.542. The Morgan fingerprint density at radius 2 is 1.85 bits per heavy atom. The average Bonchev–Trinajstić information content (AvgIpc) is 3.48. The molecule has 1 saturated heterocycles. The topological polar surface area (TPSA) is 96.1 Å². The number of anilines is 1. The van der Waals surface area contributed by atoms with Crippen molar-refractivity contribution < 1.29 is 23.8 Å². The van der Waals surface area contributed by atoms with E-state index in [0.29, 0.717) is 5.69 Å². The number of carbonyl (C=O) groups is 2. The molecule has 5 rings (SSSR count). The Kier molecular flexibility index (Phi) is 6.12. The molecule has 1 atom stereocenters. The number of methoxy groups -OCH3 is 1. The molecule has 3 aromatic rings. The molecule has 9 nitrogen and oxygen atoms in total. The standard InChI is InChI=1S/C25H28N4O5/c1-16(24(30)27-22-18-5-3-4-6-19(18)26-23(22)25(31)32-2)29-11-9-28(10-12-29)14-17-7-8-20-21(13-17)34-15-33-20/h3-8,13,16,26H,9-12,14-15H2,1-2H3,(H,27,30)/t16-/m1/s1. The highest BCUT2D eigenvalue weighted by Gasteiger charge is 2.28. The summed E-state index contributed by atoms with van der Waals surface area (Å²) in [5.41, 5.74) is 2.65. The van der Waals surface area contributed by atoms with Crippen molar-refractivity contribution in [3.05, 3.63) is 53.7 Å². The molecule has 9 heteroatoms. The van der Waals surface area contributed by atoms with E-state index in [9.17, 15) is 9.59 Å². The van der Waals surface area contributed by atoms with Crippen LogP contribution in [-0.4, -0.2) is 72.8 Å². The van der Waals surface area contributed by atoms with Crippen molar-refractivity contribution in [3.63, 3.8) is 0 Å². The smallest absolute Gasteiger partial charge is 0.356 e. The fourth-order valence-electron chi connectivity index (χ4n) is 4.53. The lowest BCUT2D eigenvalue weighted by molar-refractivity contribution is -0.121. The number of H-pyrrole nitrogens is 1. The van der Waals surface area contributed by atoms with Gasteiger partial charge >= 0.3 is 5.97 Å². The molecule has 1 aromatic heterocycles. The van der Waals surface area contributed by atoms with Gasteiger partial charge in [-0.1, -0.05) is 24.3 Å². The number of rotatable bonds is 6. The normalized spacial score (nSPS) is 17.0. The zero-order valence-corrected chi connectivity index (χ0v) is 19.3.